The molecule has 6 heteroatoms. The van der Waals surface area contributed by atoms with E-state index in [1.807, 2.05) is 24.3 Å². The number of amides is 1. The highest BCUT2D eigenvalue weighted by molar-refractivity contribution is 9.10. The number of hydrogen-bond acceptors (Lipinski definition) is 2. The van der Waals surface area contributed by atoms with Crippen LogP contribution in [0.3, 0.4) is 0 Å². The van der Waals surface area contributed by atoms with Crippen LogP contribution >= 0.6 is 28.3 Å². The van der Waals surface area contributed by atoms with Gasteiger partial charge >= 0.3 is 0 Å². The summed E-state index contributed by atoms with van der Waals surface area (Å²) in [4.78, 5) is 12.0. The lowest BCUT2D eigenvalue weighted by molar-refractivity contribution is 0.0913. The number of rotatable bonds is 3. The lowest BCUT2D eigenvalue weighted by Gasteiger charge is -2.25. The number of aromatic nitrogens is 1. The molecule has 1 aromatic heterocycles. The van der Waals surface area contributed by atoms with Gasteiger partial charge in [0.15, 0.2) is 0 Å². The summed E-state index contributed by atoms with van der Waals surface area (Å²) in [5.41, 5.74) is 8.52. The first kappa shape index (κ1) is 16.1. The molecule has 0 fully saturated rings. The third-order valence-corrected chi connectivity index (χ3v) is 4.12. The molecule has 21 heavy (non-hydrogen) atoms. The molecule has 0 aliphatic carbocycles. The van der Waals surface area contributed by atoms with Crippen molar-refractivity contribution in [1.82, 2.24) is 9.88 Å². The average Bonchev–Trinajstić information content (AvgIpc) is 2.88. The van der Waals surface area contributed by atoms with Crippen molar-refractivity contribution in [1.29, 1.82) is 0 Å². The number of nitrogens with one attached hydrogen (secondary N) is 1. The fourth-order valence-electron chi connectivity index (χ4n) is 2.62. The number of benzene rings is 1. The summed E-state index contributed by atoms with van der Waals surface area (Å²) < 4.78 is 3.09. The molecule has 1 unspecified atom stereocenters. The molecule has 3 rings (SSSR count). The van der Waals surface area contributed by atoms with E-state index in [1.165, 1.54) is 0 Å². The maximum Gasteiger partial charge on any atom is 0.268 e. The summed E-state index contributed by atoms with van der Waals surface area (Å²) in [6.07, 6.45) is 2.91. The van der Waals surface area contributed by atoms with E-state index in [9.17, 15) is 4.79 Å². The molecular formula is C15H17BrClN3O. The van der Waals surface area contributed by atoms with Crippen LogP contribution in [0.25, 0.3) is 11.1 Å². The van der Waals surface area contributed by atoms with Crippen molar-refractivity contribution in [2.45, 2.75) is 12.5 Å². The van der Waals surface area contributed by atoms with E-state index in [2.05, 4.69) is 38.1 Å². The van der Waals surface area contributed by atoms with E-state index < -0.39 is 0 Å². The minimum absolute atomic E-state index is 0. The molecule has 1 aliphatic rings. The molecule has 112 valence electrons. The van der Waals surface area contributed by atoms with Crippen molar-refractivity contribution >= 4 is 34.2 Å². The zero-order valence-corrected chi connectivity index (χ0v) is 13.8. The fourth-order valence-corrected chi connectivity index (χ4v) is 3.02. The van der Waals surface area contributed by atoms with Crippen LogP contribution < -0.4 is 11.1 Å². The van der Waals surface area contributed by atoms with Gasteiger partial charge in [-0.1, -0.05) is 28.1 Å². The molecule has 1 amide bonds. The Hall–Kier alpha value is -1.30. The van der Waals surface area contributed by atoms with Crippen LogP contribution in [0.5, 0.6) is 0 Å². The predicted molar refractivity (Wildman–Crippen MR) is 89.9 cm³/mol. The highest BCUT2D eigenvalue weighted by Crippen LogP contribution is 2.29. The monoisotopic (exact) mass is 369 g/mol. The van der Waals surface area contributed by atoms with E-state index in [0.717, 1.165) is 22.0 Å². The van der Waals surface area contributed by atoms with Crippen molar-refractivity contribution in [3.63, 3.8) is 0 Å². The average molecular weight is 371 g/mol. The number of fused-ring (bicyclic) bond motifs is 1. The molecule has 1 aliphatic heterocycles. The van der Waals surface area contributed by atoms with E-state index in [4.69, 9.17) is 5.73 Å². The van der Waals surface area contributed by atoms with Crippen molar-refractivity contribution in [2.75, 3.05) is 13.1 Å². The Morgan fingerprint density at radius 2 is 2.14 bits per heavy atom. The Morgan fingerprint density at radius 3 is 2.86 bits per heavy atom. The van der Waals surface area contributed by atoms with Crippen LogP contribution in [0.4, 0.5) is 0 Å². The maximum atomic E-state index is 12.0. The Kier molecular flexibility index (Phi) is 5.08. The van der Waals surface area contributed by atoms with Crippen molar-refractivity contribution < 1.29 is 4.79 Å². The van der Waals surface area contributed by atoms with Crippen molar-refractivity contribution in [2.24, 2.45) is 5.73 Å². The van der Waals surface area contributed by atoms with Gasteiger partial charge in [-0.15, -0.1) is 12.4 Å². The Bertz CT molecular complexity index is 656. The fraction of sp³-hybridized carbons (Fsp3) is 0.267. The van der Waals surface area contributed by atoms with E-state index in [0.29, 0.717) is 18.8 Å². The number of nitrogens with two attached hydrogens (primary N) is 1. The molecule has 0 radical (unpaired) electrons. The number of nitrogens with zero attached hydrogens (tertiary/aromatic N) is 1. The molecule has 1 atom stereocenters. The smallest absolute Gasteiger partial charge is 0.268 e. The summed E-state index contributed by atoms with van der Waals surface area (Å²) in [6, 6.07) is 10.3. The van der Waals surface area contributed by atoms with Gasteiger partial charge in [-0.05, 0) is 36.7 Å². The standard InChI is InChI=1S/C15H16BrN3O.ClH/c16-12-3-1-2-10(6-12)11-7-14-15(20)18-8-13(4-5-17)19(14)9-11;/h1-3,6-7,9,13H,4-5,8,17H2,(H,18,20);1H. The highest BCUT2D eigenvalue weighted by Gasteiger charge is 2.25. The first-order chi connectivity index (χ1) is 9.69. The topological polar surface area (TPSA) is 60.0 Å². The molecule has 0 saturated heterocycles. The van der Waals surface area contributed by atoms with Crippen LogP contribution in [-0.4, -0.2) is 23.6 Å². The van der Waals surface area contributed by atoms with Gasteiger partial charge in [0, 0.05) is 22.8 Å². The molecule has 4 nitrogen and oxygen atoms in total. The van der Waals surface area contributed by atoms with Gasteiger partial charge in [0.05, 0.1) is 6.04 Å². The minimum atomic E-state index is -0.0143. The van der Waals surface area contributed by atoms with Crippen LogP contribution in [0, 0.1) is 0 Å². The summed E-state index contributed by atoms with van der Waals surface area (Å²) in [7, 11) is 0. The van der Waals surface area contributed by atoms with Crippen molar-refractivity contribution in [3.8, 4) is 11.1 Å². The molecule has 0 spiro atoms. The third kappa shape index (κ3) is 3.15. The quantitative estimate of drug-likeness (QED) is 0.872. The lowest BCUT2D eigenvalue weighted by Crippen LogP contribution is -2.39. The molecule has 3 N–H and O–H groups in total. The van der Waals surface area contributed by atoms with Crippen LogP contribution in [0.2, 0.25) is 0 Å². The van der Waals surface area contributed by atoms with E-state index in [1.54, 1.807) is 0 Å². The van der Waals surface area contributed by atoms with Crippen LogP contribution in [-0.2, 0) is 0 Å². The Labute approximate surface area is 138 Å². The van der Waals surface area contributed by atoms with Crippen LogP contribution in [0.15, 0.2) is 41.0 Å². The normalized spacial score (nSPS) is 16.9. The van der Waals surface area contributed by atoms with Gasteiger partial charge in [-0.25, -0.2) is 0 Å². The number of carbonyl (C=O) groups is 1. The molecular weight excluding hydrogens is 354 g/mol. The maximum absolute atomic E-state index is 12.0. The van der Waals surface area contributed by atoms with E-state index in [-0.39, 0.29) is 24.4 Å². The Morgan fingerprint density at radius 1 is 1.33 bits per heavy atom. The Balaban J connectivity index is 0.00000161. The SMILES string of the molecule is Cl.NCCC1CNC(=O)c2cc(-c3cccc(Br)c3)cn21. The summed E-state index contributed by atoms with van der Waals surface area (Å²) >= 11 is 3.48. The van der Waals surface area contributed by atoms with Gasteiger partial charge in [-0.3, -0.25) is 4.79 Å². The molecule has 0 saturated carbocycles. The second kappa shape index (κ2) is 6.64. The summed E-state index contributed by atoms with van der Waals surface area (Å²) in [6.45, 7) is 1.26. The number of carbonyl (C=O) groups excluding carboxylic acids is 1. The summed E-state index contributed by atoms with van der Waals surface area (Å²) in [5.74, 6) is -0.0143. The molecule has 2 aromatic rings. The minimum Gasteiger partial charge on any atom is -0.349 e. The van der Waals surface area contributed by atoms with Gasteiger partial charge in [-0.2, -0.15) is 0 Å². The first-order valence-corrected chi connectivity index (χ1v) is 7.44. The zero-order chi connectivity index (χ0) is 14.1. The predicted octanol–water partition coefficient (Wildman–Crippen LogP) is 2.97. The highest BCUT2D eigenvalue weighted by atomic mass is 79.9. The van der Waals surface area contributed by atoms with E-state index >= 15 is 0 Å². The third-order valence-electron chi connectivity index (χ3n) is 3.63. The first-order valence-electron chi connectivity index (χ1n) is 6.65. The van der Waals surface area contributed by atoms with Gasteiger partial charge in [0.25, 0.3) is 5.91 Å². The molecule has 1 aromatic carbocycles. The van der Waals surface area contributed by atoms with Gasteiger partial charge < -0.3 is 15.6 Å². The van der Waals surface area contributed by atoms with Crippen LogP contribution in [0.1, 0.15) is 23.0 Å². The second-order valence-corrected chi connectivity index (χ2v) is 5.89. The number of halogens is 2. The second-order valence-electron chi connectivity index (χ2n) is 4.97. The largest absolute Gasteiger partial charge is 0.349 e. The molecule has 2 heterocycles. The molecule has 0 bridgehead atoms. The zero-order valence-electron chi connectivity index (χ0n) is 11.4. The lowest BCUT2D eigenvalue weighted by atomic mass is 10.1. The van der Waals surface area contributed by atoms with Crippen molar-refractivity contribution in [3.05, 3.63) is 46.7 Å². The van der Waals surface area contributed by atoms with Gasteiger partial charge in [0.1, 0.15) is 5.69 Å². The summed E-state index contributed by atoms with van der Waals surface area (Å²) in [5, 5.41) is 2.92. The number of hydrogen-bond donors (Lipinski definition) is 2. The van der Waals surface area contributed by atoms with Gasteiger partial charge in [0.2, 0.25) is 0 Å².